The standard InChI is InChI=1S/C16H11ClN4.C11H11N.C5HCl2N3/c17-16-19-8-10(7-18)15(20-16)13-9-21(11-5-6-11)14-4-2-1-3-12(13)14;1-2-4-11-9(3-1)7-8-12(11)10-5-6-10;6-4-3(1-8)2-9-5(7)10-4/h1-4,8-9,11H,5-6H2;1-4,7-8,10H,5-6H2;2H. The van der Waals surface area contributed by atoms with Crippen molar-refractivity contribution in [2.75, 3.05) is 0 Å². The first-order valence-corrected chi connectivity index (χ1v) is 14.8. The number of hydrogen-bond acceptors (Lipinski definition) is 6. The van der Waals surface area contributed by atoms with Gasteiger partial charge in [0.1, 0.15) is 17.7 Å². The van der Waals surface area contributed by atoms with Gasteiger partial charge in [-0.1, -0.05) is 48.0 Å². The molecule has 2 aliphatic carbocycles. The second kappa shape index (κ2) is 12.4. The summed E-state index contributed by atoms with van der Waals surface area (Å²) in [5.41, 5.74) is 4.78. The number of benzene rings is 2. The summed E-state index contributed by atoms with van der Waals surface area (Å²) in [6.07, 6.45) is 12.2. The Kier molecular flexibility index (Phi) is 8.26. The second-order valence-electron chi connectivity index (χ2n) is 10.2. The van der Waals surface area contributed by atoms with Gasteiger partial charge in [-0.15, -0.1) is 0 Å². The highest BCUT2D eigenvalue weighted by Crippen LogP contribution is 2.41. The smallest absolute Gasteiger partial charge is 0.223 e. The van der Waals surface area contributed by atoms with Crippen molar-refractivity contribution >= 4 is 56.6 Å². The van der Waals surface area contributed by atoms with E-state index in [0.717, 1.165) is 17.0 Å². The van der Waals surface area contributed by atoms with Gasteiger partial charge in [0.15, 0.2) is 5.15 Å². The number of para-hydroxylation sites is 2. The molecule has 8 nitrogen and oxygen atoms in total. The Bertz CT molecular complexity index is 2030. The lowest BCUT2D eigenvalue weighted by Gasteiger charge is -2.01. The van der Waals surface area contributed by atoms with E-state index in [-0.39, 0.29) is 21.3 Å². The Hall–Kier alpha value is -4.47. The highest BCUT2D eigenvalue weighted by atomic mass is 35.5. The zero-order valence-electron chi connectivity index (χ0n) is 22.7. The Balaban J connectivity index is 0.000000127. The van der Waals surface area contributed by atoms with Crippen LogP contribution in [0.15, 0.2) is 79.4 Å². The summed E-state index contributed by atoms with van der Waals surface area (Å²) in [4.78, 5) is 15.3. The minimum atomic E-state index is 0.0454. The zero-order chi connectivity index (χ0) is 29.9. The molecule has 0 bridgehead atoms. The van der Waals surface area contributed by atoms with Gasteiger partial charge in [-0.05, 0) is 72.5 Å². The Labute approximate surface area is 262 Å². The minimum Gasteiger partial charge on any atom is -0.344 e. The molecular formula is C32H23Cl3N8. The fourth-order valence-electron chi connectivity index (χ4n) is 4.89. The molecule has 0 aliphatic heterocycles. The van der Waals surface area contributed by atoms with E-state index in [9.17, 15) is 5.26 Å². The van der Waals surface area contributed by atoms with Crippen LogP contribution in [-0.2, 0) is 0 Å². The first kappa shape index (κ1) is 28.6. The maximum Gasteiger partial charge on any atom is 0.223 e. The van der Waals surface area contributed by atoms with Gasteiger partial charge >= 0.3 is 0 Å². The molecule has 0 unspecified atom stereocenters. The Morgan fingerprint density at radius 1 is 0.698 bits per heavy atom. The van der Waals surface area contributed by atoms with Gasteiger partial charge in [-0.25, -0.2) is 19.9 Å². The third kappa shape index (κ3) is 6.33. The summed E-state index contributed by atoms with van der Waals surface area (Å²) in [6, 6.07) is 24.3. The topological polar surface area (TPSA) is 109 Å². The molecule has 6 aromatic rings. The highest BCUT2D eigenvalue weighted by molar-refractivity contribution is 6.32. The number of nitriles is 2. The van der Waals surface area contributed by atoms with E-state index in [1.807, 2.05) is 12.1 Å². The molecule has 0 atom stereocenters. The predicted molar refractivity (Wildman–Crippen MR) is 168 cm³/mol. The van der Waals surface area contributed by atoms with Gasteiger partial charge in [-0.3, -0.25) is 0 Å². The number of hydrogen-bond donors (Lipinski definition) is 0. The monoisotopic (exact) mass is 624 g/mol. The van der Waals surface area contributed by atoms with Crippen LogP contribution in [0.3, 0.4) is 0 Å². The van der Waals surface area contributed by atoms with Gasteiger partial charge in [0.2, 0.25) is 10.6 Å². The predicted octanol–water partition coefficient (Wildman–Crippen LogP) is 8.59. The molecule has 0 spiro atoms. The van der Waals surface area contributed by atoms with Crippen molar-refractivity contribution in [3.8, 4) is 23.4 Å². The fraction of sp³-hybridized carbons (Fsp3) is 0.188. The number of fused-ring (bicyclic) bond motifs is 2. The maximum absolute atomic E-state index is 9.29. The summed E-state index contributed by atoms with van der Waals surface area (Å²) < 4.78 is 4.68. The molecule has 0 amide bonds. The average Bonchev–Trinajstić information content (AvgIpc) is 3.97. The quantitative estimate of drug-likeness (QED) is 0.144. The van der Waals surface area contributed by atoms with Gasteiger partial charge in [0.25, 0.3) is 0 Å². The van der Waals surface area contributed by atoms with E-state index in [1.54, 1.807) is 6.07 Å². The average molecular weight is 626 g/mol. The van der Waals surface area contributed by atoms with E-state index in [2.05, 4.69) is 90.0 Å². The summed E-state index contributed by atoms with van der Waals surface area (Å²) in [7, 11) is 0. The van der Waals surface area contributed by atoms with Crippen LogP contribution in [0.25, 0.3) is 33.1 Å². The zero-order valence-corrected chi connectivity index (χ0v) is 25.0. The fourth-order valence-corrected chi connectivity index (χ4v) is 5.37. The van der Waals surface area contributed by atoms with Crippen molar-refractivity contribution in [2.24, 2.45) is 0 Å². The van der Waals surface area contributed by atoms with Crippen LogP contribution < -0.4 is 0 Å². The molecule has 0 saturated heterocycles. The SMILES string of the molecule is N#Cc1cnc(Cl)nc1-c1cn(C2CC2)c2ccccc12.N#Cc1cnc(Cl)nc1Cl.c1ccc2c(c1)ccn2C1CC1. The van der Waals surface area contributed by atoms with Crippen molar-refractivity contribution < 1.29 is 0 Å². The molecule has 2 aliphatic rings. The lowest BCUT2D eigenvalue weighted by atomic mass is 10.1. The van der Waals surface area contributed by atoms with E-state index in [1.165, 1.54) is 54.5 Å². The largest absolute Gasteiger partial charge is 0.344 e. The normalized spacial score (nSPS) is 13.8. The summed E-state index contributed by atoms with van der Waals surface area (Å²) in [6.45, 7) is 0. The Morgan fingerprint density at radius 3 is 1.98 bits per heavy atom. The molecule has 4 aromatic heterocycles. The highest BCUT2D eigenvalue weighted by Gasteiger charge is 2.27. The van der Waals surface area contributed by atoms with E-state index in [0.29, 0.717) is 17.3 Å². The molecule has 2 saturated carbocycles. The third-order valence-corrected chi connectivity index (χ3v) is 7.87. The molecule has 212 valence electrons. The lowest BCUT2D eigenvalue weighted by Crippen LogP contribution is -1.92. The molecule has 8 rings (SSSR count). The first-order chi connectivity index (χ1) is 21.0. The van der Waals surface area contributed by atoms with E-state index >= 15 is 0 Å². The molecule has 4 heterocycles. The van der Waals surface area contributed by atoms with Crippen molar-refractivity contribution in [3.63, 3.8) is 0 Å². The number of rotatable bonds is 3. The van der Waals surface area contributed by atoms with Gasteiger partial charge in [0, 0.05) is 46.5 Å². The van der Waals surface area contributed by atoms with Crippen molar-refractivity contribution in [1.29, 1.82) is 10.5 Å². The number of aromatic nitrogens is 6. The van der Waals surface area contributed by atoms with Crippen molar-refractivity contribution in [1.82, 2.24) is 29.1 Å². The van der Waals surface area contributed by atoms with Crippen LogP contribution in [0, 0.1) is 22.7 Å². The van der Waals surface area contributed by atoms with Crippen molar-refractivity contribution in [2.45, 2.75) is 37.8 Å². The van der Waals surface area contributed by atoms with Crippen LogP contribution in [0.1, 0.15) is 48.9 Å². The third-order valence-electron chi connectivity index (χ3n) is 7.22. The molecule has 0 radical (unpaired) electrons. The van der Waals surface area contributed by atoms with Crippen LogP contribution >= 0.6 is 34.8 Å². The molecular weight excluding hydrogens is 603 g/mol. The number of nitrogens with zero attached hydrogens (tertiary/aromatic N) is 8. The second-order valence-corrected chi connectivity index (χ2v) is 11.2. The van der Waals surface area contributed by atoms with Gasteiger partial charge < -0.3 is 9.13 Å². The van der Waals surface area contributed by atoms with Gasteiger partial charge in [0.05, 0.1) is 23.7 Å². The molecule has 2 aromatic carbocycles. The van der Waals surface area contributed by atoms with Crippen molar-refractivity contribution in [3.05, 3.63) is 106 Å². The molecule has 0 N–H and O–H groups in total. The Morgan fingerprint density at radius 2 is 1.30 bits per heavy atom. The lowest BCUT2D eigenvalue weighted by molar-refractivity contribution is 0.776. The summed E-state index contributed by atoms with van der Waals surface area (Å²) in [5, 5.41) is 20.4. The minimum absolute atomic E-state index is 0.0454. The van der Waals surface area contributed by atoms with Crippen LogP contribution in [0.4, 0.5) is 0 Å². The summed E-state index contributed by atoms with van der Waals surface area (Å²) in [5.74, 6) is 0. The van der Waals surface area contributed by atoms with Gasteiger partial charge in [-0.2, -0.15) is 10.5 Å². The molecule has 2 fully saturated rings. The molecule has 43 heavy (non-hydrogen) atoms. The molecule has 11 heteroatoms. The van der Waals surface area contributed by atoms with Crippen LogP contribution in [0.5, 0.6) is 0 Å². The maximum atomic E-state index is 9.29. The summed E-state index contributed by atoms with van der Waals surface area (Å²) >= 11 is 16.7. The van der Waals surface area contributed by atoms with E-state index < -0.39 is 0 Å². The number of halogens is 3. The van der Waals surface area contributed by atoms with Crippen LogP contribution in [0.2, 0.25) is 15.7 Å². The first-order valence-electron chi connectivity index (χ1n) is 13.6. The van der Waals surface area contributed by atoms with Crippen LogP contribution in [-0.4, -0.2) is 29.1 Å². The van der Waals surface area contributed by atoms with E-state index in [4.69, 9.17) is 40.1 Å².